The first-order valence-electron chi connectivity index (χ1n) is 6.62. The number of amides is 2. The normalized spacial score (nSPS) is 9.87. The van der Waals surface area contributed by atoms with Crippen molar-refractivity contribution < 1.29 is 24.0 Å². The second-order valence-electron chi connectivity index (χ2n) is 4.85. The molecule has 0 aliphatic heterocycles. The van der Waals surface area contributed by atoms with Crippen molar-refractivity contribution >= 4 is 23.5 Å². The average molecular weight is 323 g/mol. The molecule has 0 aromatic heterocycles. The zero-order valence-corrected chi connectivity index (χ0v) is 13.0. The quantitative estimate of drug-likeness (QED) is 0.456. The van der Waals surface area contributed by atoms with Gasteiger partial charge in [-0.2, -0.15) is 0 Å². The Labute approximate surface area is 132 Å². The number of ether oxygens (including phenoxy) is 1. The molecule has 2 amide bonds. The Hall–Kier alpha value is -2.97. The zero-order valence-electron chi connectivity index (χ0n) is 13.0. The fraction of sp³-hybridized carbons (Fsp3) is 0.357. The number of carbonyl (C=O) groups excluding carboxylic acids is 3. The smallest absolute Gasteiger partial charge is 0.339 e. The molecule has 1 aromatic rings. The lowest BCUT2D eigenvalue weighted by Gasteiger charge is -2.11. The average Bonchev–Trinajstić information content (AvgIpc) is 2.49. The van der Waals surface area contributed by atoms with Gasteiger partial charge in [0.25, 0.3) is 11.6 Å². The van der Waals surface area contributed by atoms with Gasteiger partial charge in [-0.3, -0.25) is 19.7 Å². The maximum Gasteiger partial charge on any atom is 0.339 e. The molecule has 0 saturated carbocycles. The summed E-state index contributed by atoms with van der Waals surface area (Å²) in [4.78, 5) is 46.2. The minimum atomic E-state index is -0.847. The number of hydrogen-bond acceptors (Lipinski definition) is 6. The third-order valence-electron chi connectivity index (χ3n) is 2.99. The van der Waals surface area contributed by atoms with E-state index >= 15 is 0 Å². The summed E-state index contributed by atoms with van der Waals surface area (Å²) in [7, 11) is 3.08. The van der Waals surface area contributed by atoms with Crippen LogP contribution in [0.5, 0.6) is 0 Å². The molecule has 0 unspecified atom stereocenters. The van der Waals surface area contributed by atoms with Crippen LogP contribution >= 0.6 is 0 Å². The highest BCUT2D eigenvalue weighted by Crippen LogP contribution is 2.21. The van der Waals surface area contributed by atoms with E-state index in [2.05, 4.69) is 5.32 Å². The van der Waals surface area contributed by atoms with Crippen molar-refractivity contribution in [3.05, 3.63) is 39.4 Å². The second kappa shape index (κ2) is 7.87. The molecule has 23 heavy (non-hydrogen) atoms. The Morgan fingerprint density at radius 2 is 1.96 bits per heavy atom. The van der Waals surface area contributed by atoms with E-state index in [1.165, 1.54) is 30.0 Å². The first-order valence-corrected chi connectivity index (χ1v) is 6.62. The standard InChI is InChI=1S/C14H17N3O6/c1-9-10(5-4-6-11(9)17(21)22)14(20)23-8-12(18)15-7-13(19)16(2)3/h4-6H,7-8H2,1-3H3,(H,15,18). The topological polar surface area (TPSA) is 119 Å². The number of hydrogen-bond donors (Lipinski definition) is 1. The molecular formula is C14H17N3O6. The molecule has 0 aliphatic rings. The molecule has 1 rings (SSSR count). The molecule has 9 heteroatoms. The molecule has 9 nitrogen and oxygen atoms in total. The van der Waals surface area contributed by atoms with E-state index < -0.39 is 23.4 Å². The van der Waals surface area contributed by atoms with Crippen LogP contribution in [0, 0.1) is 17.0 Å². The van der Waals surface area contributed by atoms with Gasteiger partial charge in [0.15, 0.2) is 6.61 Å². The van der Waals surface area contributed by atoms with Crippen molar-refractivity contribution in [3.63, 3.8) is 0 Å². The predicted molar refractivity (Wildman–Crippen MR) is 79.8 cm³/mol. The largest absolute Gasteiger partial charge is 0.452 e. The van der Waals surface area contributed by atoms with Gasteiger partial charge in [-0.25, -0.2) is 4.79 Å². The molecule has 0 radical (unpaired) electrons. The first kappa shape index (κ1) is 18.1. The monoisotopic (exact) mass is 323 g/mol. The number of carbonyl (C=O) groups is 3. The van der Waals surface area contributed by atoms with E-state index in [0.717, 1.165) is 0 Å². The molecule has 0 fully saturated rings. The first-order chi connectivity index (χ1) is 10.7. The van der Waals surface area contributed by atoms with E-state index in [9.17, 15) is 24.5 Å². The van der Waals surface area contributed by atoms with Gasteiger partial charge in [0.1, 0.15) is 0 Å². The van der Waals surface area contributed by atoms with Crippen molar-refractivity contribution in [1.29, 1.82) is 0 Å². The molecule has 124 valence electrons. The van der Waals surface area contributed by atoms with E-state index in [4.69, 9.17) is 4.74 Å². The molecule has 1 aromatic carbocycles. The van der Waals surface area contributed by atoms with Crippen LogP contribution in [-0.4, -0.2) is 54.9 Å². The number of nitro groups is 1. The van der Waals surface area contributed by atoms with Crippen molar-refractivity contribution in [2.45, 2.75) is 6.92 Å². The Kier molecular flexibility index (Phi) is 6.19. The number of likely N-dealkylation sites (N-methyl/N-ethyl adjacent to an activating group) is 1. The third-order valence-corrected chi connectivity index (χ3v) is 2.99. The van der Waals surface area contributed by atoms with Gasteiger partial charge in [-0.05, 0) is 13.0 Å². The minimum absolute atomic E-state index is 0.0105. The van der Waals surface area contributed by atoms with Crippen LogP contribution in [0.4, 0.5) is 5.69 Å². The van der Waals surface area contributed by atoms with E-state index in [-0.39, 0.29) is 29.3 Å². The number of nitro benzene ring substituents is 1. The van der Waals surface area contributed by atoms with Crippen LogP contribution in [0.1, 0.15) is 15.9 Å². The lowest BCUT2D eigenvalue weighted by molar-refractivity contribution is -0.385. The molecule has 0 saturated heterocycles. The van der Waals surface area contributed by atoms with Crippen molar-refractivity contribution in [2.75, 3.05) is 27.2 Å². The highest BCUT2D eigenvalue weighted by molar-refractivity contribution is 5.94. The number of benzene rings is 1. The maximum absolute atomic E-state index is 11.9. The van der Waals surface area contributed by atoms with Gasteiger partial charge in [0.2, 0.25) is 5.91 Å². The summed E-state index contributed by atoms with van der Waals surface area (Å²) in [6.45, 7) is 0.630. The molecule has 0 atom stereocenters. The lowest BCUT2D eigenvalue weighted by Crippen LogP contribution is -2.38. The van der Waals surface area contributed by atoms with Crippen molar-refractivity contribution in [3.8, 4) is 0 Å². The fourth-order valence-electron chi connectivity index (χ4n) is 1.63. The van der Waals surface area contributed by atoms with Gasteiger partial charge in [-0.1, -0.05) is 6.07 Å². The summed E-state index contributed by atoms with van der Waals surface area (Å²) in [6.07, 6.45) is 0. The molecule has 0 spiro atoms. The van der Waals surface area contributed by atoms with Crippen LogP contribution in [0.25, 0.3) is 0 Å². The van der Waals surface area contributed by atoms with Gasteiger partial charge in [0.05, 0.1) is 17.0 Å². The van der Waals surface area contributed by atoms with E-state index in [1.807, 2.05) is 0 Å². The minimum Gasteiger partial charge on any atom is -0.452 e. The molecule has 0 aliphatic carbocycles. The van der Waals surface area contributed by atoms with Gasteiger partial charge in [0, 0.05) is 25.7 Å². The van der Waals surface area contributed by atoms with E-state index in [1.54, 1.807) is 14.1 Å². The summed E-state index contributed by atoms with van der Waals surface area (Å²) in [5, 5.41) is 13.1. The van der Waals surface area contributed by atoms with Crippen molar-refractivity contribution in [2.24, 2.45) is 0 Å². The summed E-state index contributed by atoms with van der Waals surface area (Å²) in [5.74, 6) is -1.80. The zero-order chi connectivity index (χ0) is 17.6. The Morgan fingerprint density at radius 1 is 1.30 bits per heavy atom. The highest BCUT2D eigenvalue weighted by atomic mass is 16.6. The molecule has 1 N–H and O–H groups in total. The Balaban J connectivity index is 2.61. The molecule has 0 bridgehead atoms. The van der Waals surface area contributed by atoms with E-state index in [0.29, 0.717) is 0 Å². The molecule has 0 heterocycles. The van der Waals surface area contributed by atoms with Crippen LogP contribution < -0.4 is 5.32 Å². The fourth-order valence-corrected chi connectivity index (χ4v) is 1.63. The van der Waals surface area contributed by atoms with Crippen LogP contribution in [0.15, 0.2) is 18.2 Å². The number of esters is 1. The molecular weight excluding hydrogens is 306 g/mol. The van der Waals surface area contributed by atoms with Crippen molar-refractivity contribution in [1.82, 2.24) is 10.2 Å². The second-order valence-corrected chi connectivity index (χ2v) is 4.85. The summed E-state index contributed by atoms with van der Waals surface area (Å²) in [6, 6.07) is 4.00. The maximum atomic E-state index is 11.9. The number of nitrogens with zero attached hydrogens (tertiary/aromatic N) is 2. The summed E-state index contributed by atoms with van der Waals surface area (Å²) < 4.78 is 4.80. The Morgan fingerprint density at radius 3 is 2.52 bits per heavy atom. The van der Waals surface area contributed by atoms with Crippen LogP contribution in [0.2, 0.25) is 0 Å². The predicted octanol–water partition coefficient (Wildman–Crippen LogP) is 0.264. The Bertz CT molecular complexity index is 641. The van der Waals surface area contributed by atoms with Gasteiger partial charge >= 0.3 is 5.97 Å². The number of rotatable bonds is 6. The highest BCUT2D eigenvalue weighted by Gasteiger charge is 2.19. The van der Waals surface area contributed by atoms with Gasteiger partial charge in [-0.15, -0.1) is 0 Å². The lowest BCUT2D eigenvalue weighted by atomic mass is 10.1. The number of nitrogens with one attached hydrogen (secondary N) is 1. The van der Waals surface area contributed by atoms with Crippen LogP contribution in [-0.2, 0) is 14.3 Å². The summed E-state index contributed by atoms with van der Waals surface area (Å²) >= 11 is 0. The van der Waals surface area contributed by atoms with Gasteiger partial charge < -0.3 is 15.0 Å². The third kappa shape index (κ3) is 5.06. The summed E-state index contributed by atoms with van der Waals surface area (Å²) in [5.41, 5.74) is -0.0393. The van der Waals surface area contributed by atoms with Crippen LogP contribution in [0.3, 0.4) is 0 Å². The SMILES string of the molecule is Cc1c(C(=O)OCC(=O)NCC(=O)N(C)C)cccc1[N+](=O)[O-].